The third-order valence-electron chi connectivity index (χ3n) is 4.96. The van der Waals surface area contributed by atoms with Crippen LogP contribution >= 0.6 is 0 Å². The first-order valence-corrected chi connectivity index (χ1v) is 9.09. The highest BCUT2D eigenvalue weighted by atomic mass is 16.5. The number of ether oxygens (including phenoxy) is 2. The van der Waals surface area contributed by atoms with Gasteiger partial charge in [-0.1, -0.05) is 18.2 Å². The van der Waals surface area contributed by atoms with Gasteiger partial charge >= 0.3 is 0 Å². The number of hydrogen-bond donors (Lipinski definition) is 1. The van der Waals surface area contributed by atoms with Crippen LogP contribution < -0.4 is 14.9 Å². The Morgan fingerprint density at radius 1 is 1.14 bits per heavy atom. The molecule has 1 N–H and O–H groups in total. The first-order valence-electron chi connectivity index (χ1n) is 9.09. The molecule has 6 nitrogen and oxygen atoms in total. The number of fused-ring (bicyclic) bond motifs is 1. The van der Waals surface area contributed by atoms with Crippen molar-refractivity contribution in [2.75, 3.05) is 14.2 Å². The van der Waals surface area contributed by atoms with E-state index in [0.29, 0.717) is 11.5 Å². The summed E-state index contributed by atoms with van der Waals surface area (Å²) in [5.74, 6) is 1.33. The van der Waals surface area contributed by atoms with Crippen LogP contribution in [-0.4, -0.2) is 31.3 Å². The Balaban J connectivity index is 1.37. The number of para-hydroxylation sites is 1. The van der Waals surface area contributed by atoms with E-state index in [-0.39, 0.29) is 17.7 Å². The SMILES string of the molecule is COc1ccc(/C=N\NC(=O)C2CC2c2cnc3ccccc3c2)cc1OC. The summed E-state index contributed by atoms with van der Waals surface area (Å²) in [7, 11) is 3.17. The zero-order chi connectivity index (χ0) is 19.5. The summed E-state index contributed by atoms with van der Waals surface area (Å²) in [6.07, 6.45) is 4.28. The average molecular weight is 375 g/mol. The van der Waals surface area contributed by atoms with Crippen LogP contribution in [0.3, 0.4) is 0 Å². The molecule has 0 aliphatic heterocycles. The van der Waals surface area contributed by atoms with Crippen molar-refractivity contribution >= 4 is 23.0 Å². The van der Waals surface area contributed by atoms with Crippen molar-refractivity contribution in [3.63, 3.8) is 0 Å². The highest BCUT2D eigenvalue weighted by Crippen LogP contribution is 2.47. The van der Waals surface area contributed by atoms with Gasteiger partial charge in [0.1, 0.15) is 0 Å². The summed E-state index contributed by atoms with van der Waals surface area (Å²) in [6.45, 7) is 0. The molecule has 1 heterocycles. The molecule has 3 aromatic rings. The lowest BCUT2D eigenvalue weighted by Crippen LogP contribution is -2.20. The zero-order valence-electron chi connectivity index (χ0n) is 15.8. The van der Waals surface area contributed by atoms with Gasteiger partial charge < -0.3 is 9.47 Å². The number of carbonyl (C=O) groups is 1. The van der Waals surface area contributed by atoms with Crippen molar-refractivity contribution in [2.45, 2.75) is 12.3 Å². The molecule has 1 saturated carbocycles. The molecule has 1 amide bonds. The number of methoxy groups -OCH3 is 2. The van der Waals surface area contributed by atoms with Gasteiger partial charge in [-0.2, -0.15) is 5.10 Å². The predicted molar refractivity (Wildman–Crippen MR) is 108 cm³/mol. The molecular formula is C22H21N3O3. The number of pyridine rings is 1. The first-order chi connectivity index (χ1) is 13.7. The van der Waals surface area contributed by atoms with Crippen molar-refractivity contribution in [1.29, 1.82) is 0 Å². The molecule has 2 unspecified atom stereocenters. The normalized spacial score (nSPS) is 18.2. The van der Waals surface area contributed by atoms with Crippen molar-refractivity contribution in [2.24, 2.45) is 11.0 Å². The number of rotatable bonds is 6. The lowest BCUT2D eigenvalue weighted by atomic mass is 10.1. The summed E-state index contributed by atoms with van der Waals surface area (Å²) in [5.41, 5.74) is 5.51. The van der Waals surface area contributed by atoms with E-state index in [9.17, 15) is 4.79 Å². The van der Waals surface area contributed by atoms with Gasteiger partial charge in [-0.3, -0.25) is 9.78 Å². The van der Waals surface area contributed by atoms with E-state index in [1.165, 1.54) is 0 Å². The molecule has 2 aromatic carbocycles. The standard InChI is InChI=1S/C22H21N3O3/c1-27-20-8-7-14(9-21(20)28-2)12-24-25-22(26)18-11-17(18)16-10-15-5-3-4-6-19(15)23-13-16/h3-10,12-13,17-18H,11H2,1-2H3,(H,25,26)/b24-12-. The molecule has 1 fully saturated rings. The fourth-order valence-corrected chi connectivity index (χ4v) is 3.33. The van der Waals surface area contributed by atoms with Crippen LogP contribution in [0, 0.1) is 5.92 Å². The molecule has 0 spiro atoms. The molecule has 0 bridgehead atoms. The van der Waals surface area contributed by atoms with Crippen LogP contribution in [0.2, 0.25) is 0 Å². The first kappa shape index (κ1) is 18.0. The number of nitrogens with one attached hydrogen (secondary N) is 1. The third-order valence-corrected chi connectivity index (χ3v) is 4.96. The lowest BCUT2D eigenvalue weighted by Gasteiger charge is -2.07. The minimum Gasteiger partial charge on any atom is -0.493 e. The van der Waals surface area contributed by atoms with Crippen molar-refractivity contribution in [3.8, 4) is 11.5 Å². The van der Waals surface area contributed by atoms with E-state index in [1.807, 2.05) is 36.5 Å². The van der Waals surface area contributed by atoms with Gasteiger partial charge in [-0.15, -0.1) is 0 Å². The molecule has 0 radical (unpaired) electrons. The number of nitrogens with zero attached hydrogens (tertiary/aromatic N) is 2. The van der Waals surface area contributed by atoms with Crippen LogP contribution in [0.4, 0.5) is 0 Å². The Kier molecular flexibility index (Phi) is 4.93. The quantitative estimate of drug-likeness (QED) is 0.529. The molecular weight excluding hydrogens is 354 g/mol. The fourth-order valence-electron chi connectivity index (χ4n) is 3.33. The fraction of sp³-hybridized carbons (Fsp3) is 0.227. The molecule has 1 aromatic heterocycles. The Morgan fingerprint density at radius 3 is 2.79 bits per heavy atom. The largest absolute Gasteiger partial charge is 0.493 e. The maximum Gasteiger partial charge on any atom is 0.243 e. The Labute approximate surface area is 163 Å². The molecule has 4 rings (SSSR count). The van der Waals surface area contributed by atoms with Crippen LogP contribution in [-0.2, 0) is 4.79 Å². The van der Waals surface area contributed by atoms with Gasteiger partial charge in [0.05, 0.1) is 26.0 Å². The van der Waals surface area contributed by atoms with Crippen LogP contribution in [0.25, 0.3) is 10.9 Å². The molecule has 28 heavy (non-hydrogen) atoms. The van der Waals surface area contributed by atoms with Gasteiger partial charge in [0, 0.05) is 17.5 Å². The summed E-state index contributed by atoms with van der Waals surface area (Å²) < 4.78 is 10.5. The van der Waals surface area contributed by atoms with Gasteiger partial charge in [0.25, 0.3) is 0 Å². The number of aromatic nitrogens is 1. The van der Waals surface area contributed by atoms with Gasteiger partial charge in [-0.25, -0.2) is 5.43 Å². The Morgan fingerprint density at radius 2 is 1.96 bits per heavy atom. The Bertz CT molecular complexity index is 1050. The molecule has 142 valence electrons. The number of hydrogen-bond acceptors (Lipinski definition) is 5. The van der Waals surface area contributed by atoms with E-state index in [2.05, 4.69) is 21.6 Å². The second-order valence-corrected chi connectivity index (χ2v) is 6.76. The average Bonchev–Trinajstić information content (AvgIpc) is 3.54. The molecule has 1 aliphatic carbocycles. The lowest BCUT2D eigenvalue weighted by molar-refractivity contribution is -0.122. The Hall–Kier alpha value is -3.41. The minimum absolute atomic E-state index is 0.0643. The van der Waals surface area contributed by atoms with Crippen LogP contribution in [0.5, 0.6) is 11.5 Å². The number of hydrazone groups is 1. The van der Waals surface area contributed by atoms with Crippen molar-refractivity contribution in [3.05, 3.63) is 65.9 Å². The second kappa shape index (κ2) is 7.68. The zero-order valence-corrected chi connectivity index (χ0v) is 15.8. The predicted octanol–water partition coefficient (Wildman–Crippen LogP) is 3.51. The maximum atomic E-state index is 12.4. The second-order valence-electron chi connectivity index (χ2n) is 6.76. The number of carbonyl (C=O) groups excluding carboxylic acids is 1. The van der Waals surface area contributed by atoms with E-state index in [1.54, 1.807) is 32.6 Å². The van der Waals surface area contributed by atoms with Gasteiger partial charge in [0.2, 0.25) is 5.91 Å². The number of benzene rings is 2. The molecule has 6 heteroatoms. The molecule has 1 aliphatic rings. The number of amides is 1. The summed E-state index contributed by atoms with van der Waals surface area (Å²) in [6, 6.07) is 15.5. The van der Waals surface area contributed by atoms with Crippen LogP contribution in [0.15, 0.2) is 59.8 Å². The van der Waals surface area contributed by atoms with E-state index >= 15 is 0 Å². The van der Waals surface area contributed by atoms with E-state index in [4.69, 9.17) is 9.47 Å². The van der Waals surface area contributed by atoms with Crippen LogP contribution in [0.1, 0.15) is 23.5 Å². The molecule has 2 atom stereocenters. The highest BCUT2D eigenvalue weighted by Gasteiger charge is 2.44. The van der Waals surface area contributed by atoms with Gasteiger partial charge in [-0.05, 0) is 53.8 Å². The third kappa shape index (κ3) is 3.67. The van der Waals surface area contributed by atoms with Gasteiger partial charge in [0.15, 0.2) is 11.5 Å². The van der Waals surface area contributed by atoms with E-state index in [0.717, 1.165) is 28.5 Å². The summed E-state index contributed by atoms with van der Waals surface area (Å²) in [5, 5.41) is 5.17. The smallest absolute Gasteiger partial charge is 0.243 e. The van der Waals surface area contributed by atoms with E-state index < -0.39 is 0 Å². The summed E-state index contributed by atoms with van der Waals surface area (Å²) in [4.78, 5) is 16.9. The topological polar surface area (TPSA) is 72.8 Å². The monoisotopic (exact) mass is 375 g/mol. The van der Waals surface area contributed by atoms with Crippen molar-refractivity contribution < 1.29 is 14.3 Å². The molecule has 0 saturated heterocycles. The van der Waals surface area contributed by atoms with Crippen molar-refractivity contribution in [1.82, 2.24) is 10.4 Å². The maximum absolute atomic E-state index is 12.4. The minimum atomic E-state index is -0.0742. The summed E-state index contributed by atoms with van der Waals surface area (Å²) >= 11 is 0. The highest BCUT2D eigenvalue weighted by molar-refractivity contribution is 5.86.